The highest BCUT2D eigenvalue weighted by molar-refractivity contribution is 6.51. The van der Waals surface area contributed by atoms with Crippen LogP contribution in [0.2, 0.25) is 0 Å². The zero-order valence-corrected chi connectivity index (χ0v) is 20.5. The molecule has 0 saturated carbocycles. The van der Waals surface area contributed by atoms with Gasteiger partial charge in [0.15, 0.2) is 11.5 Å². The first-order valence-corrected chi connectivity index (χ1v) is 11.6. The SMILES string of the molecule is CC(=O)Nc1cccc(N2C(=O)C(=O)/C(=C(\O)c3ccc4c(c3)OCO4)C2c2ccc(N(C)C)cc2)c1. The molecule has 1 unspecified atom stereocenters. The van der Waals surface area contributed by atoms with E-state index in [-0.39, 0.29) is 24.0 Å². The number of rotatable bonds is 5. The van der Waals surface area contributed by atoms with Crippen molar-refractivity contribution in [2.75, 3.05) is 36.0 Å². The van der Waals surface area contributed by atoms with E-state index in [1.807, 2.05) is 43.3 Å². The number of anilines is 3. The summed E-state index contributed by atoms with van der Waals surface area (Å²) in [5.74, 6) is -1.22. The summed E-state index contributed by atoms with van der Waals surface area (Å²) in [6.45, 7) is 1.45. The summed E-state index contributed by atoms with van der Waals surface area (Å²) in [6.07, 6.45) is 0. The van der Waals surface area contributed by atoms with Crippen LogP contribution in [0.1, 0.15) is 24.1 Å². The van der Waals surface area contributed by atoms with Crippen LogP contribution in [-0.2, 0) is 14.4 Å². The fourth-order valence-electron chi connectivity index (χ4n) is 4.51. The highest BCUT2D eigenvalue weighted by Crippen LogP contribution is 2.44. The number of nitrogens with one attached hydrogen (secondary N) is 1. The van der Waals surface area contributed by atoms with Crippen LogP contribution in [0.4, 0.5) is 17.1 Å². The van der Waals surface area contributed by atoms with Crippen LogP contribution in [0.15, 0.2) is 72.3 Å². The average molecular weight is 500 g/mol. The van der Waals surface area contributed by atoms with Crippen LogP contribution in [0.5, 0.6) is 11.5 Å². The number of amides is 2. The smallest absolute Gasteiger partial charge is 0.300 e. The van der Waals surface area contributed by atoms with E-state index >= 15 is 0 Å². The van der Waals surface area contributed by atoms with Gasteiger partial charge in [-0.15, -0.1) is 0 Å². The normalized spacial score (nSPS) is 17.7. The second-order valence-corrected chi connectivity index (χ2v) is 8.95. The van der Waals surface area contributed by atoms with Crippen LogP contribution in [0.3, 0.4) is 0 Å². The van der Waals surface area contributed by atoms with Gasteiger partial charge >= 0.3 is 0 Å². The molecule has 2 aliphatic rings. The maximum Gasteiger partial charge on any atom is 0.300 e. The molecule has 0 bridgehead atoms. The maximum absolute atomic E-state index is 13.4. The maximum atomic E-state index is 13.4. The van der Waals surface area contributed by atoms with Gasteiger partial charge < -0.3 is 24.8 Å². The lowest BCUT2D eigenvalue weighted by Crippen LogP contribution is -2.29. The first-order chi connectivity index (χ1) is 17.7. The van der Waals surface area contributed by atoms with Crippen molar-refractivity contribution in [2.45, 2.75) is 13.0 Å². The van der Waals surface area contributed by atoms with E-state index in [9.17, 15) is 19.5 Å². The molecule has 9 heteroatoms. The molecule has 0 spiro atoms. The Morgan fingerprint density at radius 1 is 1.00 bits per heavy atom. The number of aliphatic hydroxyl groups is 1. The number of fused-ring (bicyclic) bond motifs is 1. The number of aliphatic hydroxyl groups excluding tert-OH is 1. The van der Waals surface area contributed by atoms with E-state index in [0.29, 0.717) is 34.0 Å². The van der Waals surface area contributed by atoms with Crippen LogP contribution >= 0.6 is 0 Å². The number of nitrogens with zero attached hydrogens (tertiary/aromatic N) is 2. The summed E-state index contributed by atoms with van der Waals surface area (Å²) in [4.78, 5) is 41.7. The Labute approximate surface area is 213 Å². The fourth-order valence-corrected chi connectivity index (χ4v) is 4.51. The van der Waals surface area contributed by atoms with E-state index in [1.54, 1.807) is 42.5 Å². The van der Waals surface area contributed by atoms with Gasteiger partial charge in [0, 0.05) is 43.6 Å². The largest absolute Gasteiger partial charge is 0.507 e. The summed E-state index contributed by atoms with van der Waals surface area (Å²) >= 11 is 0. The lowest BCUT2D eigenvalue weighted by molar-refractivity contribution is -0.132. The van der Waals surface area contributed by atoms with E-state index in [1.165, 1.54) is 11.8 Å². The lowest BCUT2D eigenvalue weighted by Gasteiger charge is -2.26. The molecule has 5 rings (SSSR count). The van der Waals surface area contributed by atoms with Gasteiger partial charge in [-0.3, -0.25) is 19.3 Å². The number of hydrogen-bond donors (Lipinski definition) is 2. The first-order valence-electron chi connectivity index (χ1n) is 11.6. The summed E-state index contributed by atoms with van der Waals surface area (Å²) in [7, 11) is 3.82. The van der Waals surface area contributed by atoms with Gasteiger partial charge in [0.25, 0.3) is 11.7 Å². The topological polar surface area (TPSA) is 108 Å². The van der Waals surface area contributed by atoms with Gasteiger partial charge in [-0.2, -0.15) is 0 Å². The second-order valence-electron chi connectivity index (χ2n) is 8.95. The third-order valence-electron chi connectivity index (χ3n) is 6.26. The van der Waals surface area contributed by atoms with Gasteiger partial charge in [-0.1, -0.05) is 18.2 Å². The van der Waals surface area contributed by atoms with Gasteiger partial charge in [-0.25, -0.2) is 0 Å². The zero-order valence-electron chi connectivity index (χ0n) is 20.5. The van der Waals surface area contributed by atoms with Gasteiger partial charge in [0.05, 0.1) is 11.6 Å². The Bertz CT molecular complexity index is 1440. The van der Waals surface area contributed by atoms with Gasteiger partial charge in [0.2, 0.25) is 12.7 Å². The van der Waals surface area contributed by atoms with Crippen LogP contribution in [-0.4, -0.2) is 43.6 Å². The van der Waals surface area contributed by atoms with Crippen molar-refractivity contribution in [1.29, 1.82) is 0 Å². The number of ketones is 1. The minimum absolute atomic E-state index is 0.0496. The standard InChI is InChI=1S/C28H25N3O6/c1-16(32)29-19-5-4-6-21(14-19)31-25(17-7-10-20(11-8-17)30(2)3)24(27(34)28(31)35)26(33)18-9-12-22-23(13-18)37-15-36-22/h4-14,25,33H,15H2,1-3H3,(H,29,32)/b26-24-. The van der Waals surface area contributed by atoms with Crippen molar-refractivity contribution in [1.82, 2.24) is 0 Å². The molecule has 2 amide bonds. The molecule has 2 heterocycles. The van der Waals surface area contributed by atoms with E-state index < -0.39 is 17.7 Å². The Hall–Kier alpha value is -4.79. The molecule has 3 aromatic carbocycles. The zero-order chi connectivity index (χ0) is 26.3. The van der Waals surface area contributed by atoms with Crippen LogP contribution < -0.4 is 24.6 Å². The Kier molecular flexibility index (Phi) is 6.04. The third kappa shape index (κ3) is 4.35. The number of ether oxygens (including phenoxy) is 2. The third-order valence-corrected chi connectivity index (χ3v) is 6.26. The van der Waals surface area contributed by atoms with Crippen LogP contribution in [0.25, 0.3) is 5.76 Å². The molecule has 1 saturated heterocycles. The summed E-state index contributed by atoms with van der Waals surface area (Å²) in [6, 6.07) is 18.0. The number of benzene rings is 3. The minimum atomic E-state index is -0.908. The van der Waals surface area contributed by atoms with Crippen molar-refractivity contribution < 1.29 is 29.0 Å². The monoisotopic (exact) mass is 499 g/mol. The predicted octanol–water partition coefficient (Wildman–Crippen LogP) is 4.07. The second kappa shape index (κ2) is 9.34. The van der Waals surface area contributed by atoms with E-state index in [2.05, 4.69) is 5.32 Å². The molecule has 9 nitrogen and oxygen atoms in total. The number of Topliss-reactive ketones (excluding diaryl/α,β-unsaturated/α-hetero) is 1. The Balaban J connectivity index is 1.67. The molecule has 0 aromatic heterocycles. The summed E-state index contributed by atoms with van der Waals surface area (Å²) in [5, 5.41) is 14.1. The number of carbonyl (C=O) groups excluding carboxylic acids is 3. The molecule has 1 fully saturated rings. The molecule has 2 N–H and O–H groups in total. The molecule has 188 valence electrons. The van der Waals surface area contributed by atoms with Gasteiger partial charge in [-0.05, 0) is 54.1 Å². The molecule has 1 atom stereocenters. The molecule has 2 aliphatic heterocycles. The van der Waals surface area contributed by atoms with Crippen LogP contribution in [0, 0.1) is 0 Å². The van der Waals surface area contributed by atoms with E-state index in [0.717, 1.165) is 5.69 Å². The van der Waals surface area contributed by atoms with Crippen molar-refractivity contribution in [3.63, 3.8) is 0 Å². The first kappa shape index (κ1) is 23.9. The van der Waals surface area contributed by atoms with Crippen molar-refractivity contribution in [3.8, 4) is 11.5 Å². The number of carbonyl (C=O) groups is 3. The molecule has 3 aromatic rings. The minimum Gasteiger partial charge on any atom is -0.507 e. The number of hydrogen-bond acceptors (Lipinski definition) is 7. The molecule has 0 radical (unpaired) electrons. The molecule has 0 aliphatic carbocycles. The Morgan fingerprint density at radius 2 is 1.73 bits per heavy atom. The summed E-state index contributed by atoms with van der Waals surface area (Å²) in [5.41, 5.74) is 2.72. The molecular weight excluding hydrogens is 474 g/mol. The molecule has 37 heavy (non-hydrogen) atoms. The fraction of sp³-hybridized carbons (Fsp3) is 0.179. The highest BCUT2D eigenvalue weighted by atomic mass is 16.7. The lowest BCUT2D eigenvalue weighted by atomic mass is 9.94. The summed E-state index contributed by atoms with van der Waals surface area (Å²) < 4.78 is 10.8. The predicted molar refractivity (Wildman–Crippen MR) is 139 cm³/mol. The van der Waals surface area contributed by atoms with E-state index in [4.69, 9.17) is 9.47 Å². The quantitative estimate of drug-likeness (QED) is 0.310. The average Bonchev–Trinajstić information content (AvgIpc) is 3.45. The van der Waals surface area contributed by atoms with Gasteiger partial charge in [0.1, 0.15) is 5.76 Å². The Morgan fingerprint density at radius 3 is 2.43 bits per heavy atom. The van der Waals surface area contributed by atoms with Crippen molar-refractivity contribution in [2.24, 2.45) is 0 Å². The van der Waals surface area contributed by atoms with Crippen molar-refractivity contribution in [3.05, 3.63) is 83.4 Å². The van der Waals surface area contributed by atoms with Crippen molar-refractivity contribution >= 4 is 40.4 Å². The molecular formula is C28H25N3O6. The highest BCUT2D eigenvalue weighted by Gasteiger charge is 2.47.